The van der Waals surface area contributed by atoms with Crippen LogP contribution in [-0.4, -0.2) is 48.1 Å². The van der Waals surface area contributed by atoms with Gasteiger partial charge in [0.1, 0.15) is 5.75 Å². The largest absolute Gasteiger partial charge is 0.494 e. The summed E-state index contributed by atoms with van der Waals surface area (Å²) in [5.74, 6) is -0.883. The number of anilines is 1. The molecule has 0 aliphatic carbocycles. The van der Waals surface area contributed by atoms with Gasteiger partial charge < -0.3 is 19.6 Å². The van der Waals surface area contributed by atoms with E-state index in [9.17, 15) is 14.7 Å². The molecule has 0 radical (unpaired) electrons. The van der Waals surface area contributed by atoms with Crippen LogP contribution in [0.3, 0.4) is 0 Å². The van der Waals surface area contributed by atoms with Gasteiger partial charge in [0.2, 0.25) is 0 Å². The van der Waals surface area contributed by atoms with Crippen LogP contribution in [0.1, 0.15) is 71.3 Å². The number of rotatable bonds is 6. The van der Waals surface area contributed by atoms with E-state index >= 15 is 0 Å². The first-order valence-electron chi connectivity index (χ1n) is 13.5. The summed E-state index contributed by atoms with van der Waals surface area (Å²) in [6.07, 6.45) is 7.38. The summed E-state index contributed by atoms with van der Waals surface area (Å²) in [5, 5.41) is 9.45. The van der Waals surface area contributed by atoms with E-state index in [-0.39, 0.29) is 0 Å². The second-order valence-electron chi connectivity index (χ2n) is 10.2. The molecule has 0 aromatic heterocycles. The average Bonchev–Trinajstić information content (AvgIpc) is 2.88. The molecule has 0 atom stereocenters. The molecule has 0 fully saturated rings. The maximum Gasteiger partial charge on any atom is 0.394 e. The number of ether oxygens (including phenoxy) is 1. The van der Waals surface area contributed by atoms with Gasteiger partial charge in [0.15, 0.2) is 0 Å². The summed E-state index contributed by atoms with van der Waals surface area (Å²) in [6, 6.07) is 14.5. The Hall–Kier alpha value is -3.02. The number of aliphatic carboxylic acids is 1. The Kier molecular flexibility index (Phi) is 10.6. The lowest BCUT2D eigenvalue weighted by Gasteiger charge is -2.31. The number of carbonyl (C=O) groups is 2. The monoisotopic (exact) mass is 494 g/mol. The summed E-state index contributed by atoms with van der Waals surface area (Å²) in [4.78, 5) is 28.1. The first-order chi connectivity index (χ1) is 17.4. The Balaban J connectivity index is 2.04. The number of carbonyl (C=O) groups excluding carboxylic acids is 1. The number of carboxylic acids is 1. The molecule has 1 N–H and O–H groups in total. The highest BCUT2D eigenvalue weighted by molar-refractivity contribution is 6.31. The summed E-state index contributed by atoms with van der Waals surface area (Å²) in [7, 11) is 0. The number of benzene rings is 2. The molecular formula is C30H42N2O4. The van der Waals surface area contributed by atoms with E-state index in [4.69, 9.17) is 4.74 Å². The van der Waals surface area contributed by atoms with Crippen molar-refractivity contribution in [2.24, 2.45) is 5.92 Å². The zero-order valence-corrected chi connectivity index (χ0v) is 22.2. The second kappa shape index (κ2) is 13.9. The Morgan fingerprint density at radius 3 is 2.33 bits per heavy atom. The van der Waals surface area contributed by atoms with E-state index in [2.05, 4.69) is 56.0 Å². The van der Waals surface area contributed by atoms with Crippen molar-refractivity contribution in [2.45, 2.75) is 72.3 Å². The minimum absolute atomic E-state index is 0.301. The fraction of sp³-hybridized carbons (Fsp3) is 0.533. The first kappa shape index (κ1) is 27.6. The molecule has 6 heteroatoms. The lowest BCUT2D eigenvalue weighted by molar-refractivity contribution is -0.156. The van der Waals surface area contributed by atoms with Crippen LogP contribution in [0.15, 0.2) is 42.5 Å². The number of hydrogen-bond donors (Lipinski definition) is 1. The lowest BCUT2D eigenvalue weighted by Crippen LogP contribution is -2.37. The van der Waals surface area contributed by atoms with Gasteiger partial charge in [-0.25, -0.2) is 4.79 Å². The van der Waals surface area contributed by atoms with Crippen molar-refractivity contribution < 1.29 is 19.4 Å². The molecule has 196 valence electrons. The van der Waals surface area contributed by atoms with Crippen molar-refractivity contribution in [3.8, 4) is 16.9 Å². The number of nitrogens with zero attached hydrogens (tertiary/aromatic N) is 2. The van der Waals surface area contributed by atoms with E-state index < -0.39 is 11.9 Å². The van der Waals surface area contributed by atoms with Gasteiger partial charge in [-0.15, -0.1) is 0 Å². The maximum absolute atomic E-state index is 12.6. The van der Waals surface area contributed by atoms with E-state index in [0.29, 0.717) is 25.6 Å². The normalized spacial score (nSPS) is 15.4. The van der Waals surface area contributed by atoms with Gasteiger partial charge in [-0.05, 0) is 60.1 Å². The van der Waals surface area contributed by atoms with Crippen molar-refractivity contribution >= 4 is 17.6 Å². The number of hydrogen-bond acceptors (Lipinski definition) is 4. The van der Waals surface area contributed by atoms with Crippen LogP contribution in [0.25, 0.3) is 11.1 Å². The molecule has 0 unspecified atom stereocenters. The van der Waals surface area contributed by atoms with Crippen LogP contribution in [0.2, 0.25) is 0 Å². The predicted octanol–water partition coefficient (Wildman–Crippen LogP) is 6.37. The summed E-state index contributed by atoms with van der Waals surface area (Å²) >= 11 is 0. The van der Waals surface area contributed by atoms with E-state index in [0.717, 1.165) is 73.3 Å². The van der Waals surface area contributed by atoms with E-state index in [1.54, 1.807) is 0 Å². The van der Waals surface area contributed by atoms with Gasteiger partial charge in [-0.2, -0.15) is 0 Å². The first-order valence-corrected chi connectivity index (χ1v) is 13.5. The molecule has 0 bridgehead atoms. The van der Waals surface area contributed by atoms with Gasteiger partial charge in [0, 0.05) is 31.9 Å². The van der Waals surface area contributed by atoms with E-state index in [1.807, 2.05) is 12.1 Å². The van der Waals surface area contributed by atoms with Crippen molar-refractivity contribution in [2.75, 3.05) is 31.1 Å². The molecule has 1 aliphatic heterocycles. The molecule has 0 spiro atoms. The molecule has 1 heterocycles. The Morgan fingerprint density at radius 1 is 0.944 bits per heavy atom. The molecule has 0 saturated heterocycles. The Morgan fingerprint density at radius 2 is 1.64 bits per heavy atom. The van der Waals surface area contributed by atoms with Gasteiger partial charge >= 0.3 is 11.9 Å². The number of fused-ring (bicyclic) bond motifs is 1. The number of amides is 1. The Labute approximate surface area is 216 Å². The van der Waals surface area contributed by atoms with Gasteiger partial charge in [-0.1, -0.05) is 70.7 Å². The summed E-state index contributed by atoms with van der Waals surface area (Å²) in [6.45, 7) is 9.84. The summed E-state index contributed by atoms with van der Waals surface area (Å²) < 4.78 is 5.86. The summed E-state index contributed by atoms with van der Waals surface area (Å²) in [5.41, 5.74) is 4.25. The molecule has 2 aromatic rings. The molecule has 36 heavy (non-hydrogen) atoms. The minimum Gasteiger partial charge on any atom is -0.494 e. The van der Waals surface area contributed by atoms with Crippen molar-refractivity contribution in [3.05, 3.63) is 48.0 Å². The van der Waals surface area contributed by atoms with Crippen molar-refractivity contribution in [1.82, 2.24) is 4.90 Å². The fourth-order valence-electron chi connectivity index (χ4n) is 4.81. The van der Waals surface area contributed by atoms with Gasteiger partial charge in [-0.3, -0.25) is 4.79 Å². The molecule has 3 rings (SSSR count). The standard InChI is InChI=1S/C30H42N2O4/c1-4-18-36-27-13-11-12-24(19-27)25-14-15-26-22-32(29(33)30(34)35)17-10-8-6-5-7-9-16-31(21-23(2)3)28(26)20-25/h11-15,19-20,23H,4-10,16-18,21-22H2,1-3H3,(H,34,35). The molecule has 0 saturated carbocycles. The van der Waals surface area contributed by atoms with Crippen LogP contribution < -0.4 is 9.64 Å². The van der Waals surface area contributed by atoms with Crippen molar-refractivity contribution in [3.63, 3.8) is 0 Å². The van der Waals surface area contributed by atoms with Crippen LogP contribution in [0, 0.1) is 5.92 Å². The van der Waals surface area contributed by atoms with Crippen LogP contribution >= 0.6 is 0 Å². The molecule has 2 aromatic carbocycles. The third-order valence-electron chi connectivity index (χ3n) is 6.59. The third kappa shape index (κ3) is 8.00. The average molecular weight is 495 g/mol. The quantitative estimate of drug-likeness (QED) is 0.472. The second-order valence-corrected chi connectivity index (χ2v) is 10.2. The minimum atomic E-state index is -1.39. The van der Waals surface area contributed by atoms with Gasteiger partial charge in [0.25, 0.3) is 0 Å². The smallest absolute Gasteiger partial charge is 0.394 e. The molecule has 1 amide bonds. The van der Waals surface area contributed by atoms with E-state index in [1.165, 1.54) is 17.7 Å². The van der Waals surface area contributed by atoms with Crippen molar-refractivity contribution in [1.29, 1.82) is 0 Å². The highest BCUT2D eigenvalue weighted by atomic mass is 16.5. The molecular weight excluding hydrogens is 452 g/mol. The highest BCUT2D eigenvalue weighted by Gasteiger charge is 2.24. The topological polar surface area (TPSA) is 70.1 Å². The fourth-order valence-corrected chi connectivity index (χ4v) is 4.81. The zero-order valence-electron chi connectivity index (χ0n) is 22.2. The van der Waals surface area contributed by atoms with Crippen LogP contribution in [0.5, 0.6) is 5.75 Å². The van der Waals surface area contributed by atoms with Crippen LogP contribution in [-0.2, 0) is 16.1 Å². The van der Waals surface area contributed by atoms with Crippen LogP contribution in [0.4, 0.5) is 5.69 Å². The SMILES string of the molecule is CCCOc1cccc(-c2ccc3c(c2)N(CC(C)C)CCCCCCCCN(C(=O)C(=O)O)C3)c1. The Bertz CT molecular complexity index is 1000. The lowest BCUT2D eigenvalue weighted by atomic mass is 10.00. The third-order valence-corrected chi connectivity index (χ3v) is 6.59. The molecule has 1 aliphatic rings. The zero-order chi connectivity index (χ0) is 25.9. The van der Waals surface area contributed by atoms with Gasteiger partial charge in [0.05, 0.1) is 6.61 Å². The highest BCUT2D eigenvalue weighted by Crippen LogP contribution is 2.32. The maximum atomic E-state index is 12.6. The number of carboxylic acid groups (broad SMARTS) is 1. The predicted molar refractivity (Wildman–Crippen MR) is 145 cm³/mol. The molecule has 6 nitrogen and oxygen atoms in total.